The van der Waals surface area contributed by atoms with E-state index >= 15 is 0 Å². The Morgan fingerprint density at radius 2 is 2.05 bits per heavy atom. The highest BCUT2D eigenvalue weighted by molar-refractivity contribution is 7.89. The average molecular weight is 316 g/mol. The van der Waals surface area contributed by atoms with Crippen LogP contribution >= 0.6 is 0 Å². The Bertz CT molecular complexity index is 641. The summed E-state index contributed by atoms with van der Waals surface area (Å²) >= 11 is 0. The first-order chi connectivity index (χ1) is 9.75. The Morgan fingerprint density at radius 1 is 1.38 bits per heavy atom. The Morgan fingerprint density at radius 3 is 2.57 bits per heavy atom. The summed E-state index contributed by atoms with van der Waals surface area (Å²) in [4.78, 5) is 21.8. The number of hydrogen-bond acceptors (Lipinski definition) is 5. The quantitative estimate of drug-likeness (QED) is 0.603. The molecule has 1 rings (SSSR count). The zero-order valence-corrected chi connectivity index (χ0v) is 12.1. The normalized spacial score (nSPS) is 11.0. The lowest BCUT2D eigenvalue weighted by Crippen LogP contribution is -2.18. The van der Waals surface area contributed by atoms with E-state index in [1.54, 1.807) is 0 Å². The minimum Gasteiger partial charge on any atom is -0.493 e. The van der Waals surface area contributed by atoms with Crippen LogP contribution in [0.15, 0.2) is 23.1 Å². The number of primary sulfonamides is 1. The number of carbonyl (C=O) groups is 2. The SMILES string of the molecule is CNC(=O)CCCOc1ccc(S(N)(=O)=O)cc1C(=O)O. The van der Waals surface area contributed by atoms with E-state index in [4.69, 9.17) is 15.0 Å². The zero-order chi connectivity index (χ0) is 16.0. The summed E-state index contributed by atoms with van der Waals surface area (Å²) < 4.78 is 27.6. The van der Waals surface area contributed by atoms with Crippen molar-refractivity contribution < 1.29 is 27.9 Å². The van der Waals surface area contributed by atoms with Crippen LogP contribution in [0.25, 0.3) is 0 Å². The molecule has 1 aromatic rings. The van der Waals surface area contributed by atoms with Crippen molar-refractivity contribution in [2.75, 3.05) is 13.7 Å². The van der Waals surface area contributed by atoms with Gasteiger partial charge in [0.25, 0.3) is 0 Å². The van der Waals surface area contributed by atoms with E-state index in [1.165, 1.54) is 13.1 Å². The van der Waals surface area contributed by atoms with Gasteiger partial charge in [-0.25, -0.2) is 18.4 Å². The molecule has 0 aliphatic rings. The molecule has 116 valence electrons. The number of benzene rings is 1. The molecule has 1 aromatic carbocycles. The smallest absolute Gasteiger partial charge is 0.339 e. The zero-order valence-electron chi connectivity index (χ0n) is 11.3. The van der Waals surface area contributed by atoms with Crippen LogP contribution in [0.1, 0.15) is 23.2 Å². The number of nitrogens with one attached hydrogen (secondary N) is 1. The van der Waals surface area contributed by atoms with Crippen molar-refractivity contribution in [1.82, 2.24) is 5.32 Å². The molecule has 0 aliphatic carbocycles. The molecule has 8 nitrogen and oxygen atoms in total. The van der Waals surface area contributed by atoms with Crippen molar-refractivity contribution in [3.05, 3.63) is 23.8 Å². The van der Waals surface area contributed by atoms with Gasteiger partial charge in [-0.15, -0.1) is 0 Å². The highest BCUT2D eigenvalue weighted by Crippen LogP contribution is 2.22. The summed E-state index contributed by atoms with van der Waals surface area (Å²) in [6.45, 7) is 0.127. The minimum absolute atomic E-state index is 0.0202. The predicted molar refractivity (Wildman–Crippen MR) is 73.6 cm³/mol. The van der Waals surface area contributed by atoms with Gasteiger partial charge in [0.05, 0.1) is 11.5 Å². The third-order valence-electron chi connectivity index (χ3n) is 2.59. The van der Waals surface area contributed by atoms with Crippen molar-refractivity contribution in [3.63, 3.8) is 0 Å². The van der Waals surface area contributed by atoms with Crippen LogP contribution in [0.2, 0.25) is 0 Å². The maximum absolute atomic E-state index is 11.2. The van der Waals surface area contributed by atoms with Gasteiger partial charge in [0.2, 0.25) is 15.9 Å². The molecule has 0 saturated heterocycles. The number of carbonyl (C=O) groups excluding carboxylic acids is 1. The molecule has 4 N–H and O–H groups in total. The molecule has 1 amide bonds. The number of ether oxygens (including phenoxy) is 1. The van der Waals surface area contributed by atoms with Gasteiger partial charge < -0.3 is 15.2 Å². The summed E-state index contributed by atoms with van der Waals surface area (Å²) in [5.74, 6) is -1.46. The van der Waals surface area contributed by atoms with Crippen molar-refractivity contribution in [3.8, 4) is 5.75 Å². The van der Waals surface area contributed by atoms with E-state index in [0.29, 0.717) is 6.42 Å². The van der Waals surface area contributed by atoms with Crippen LogP contribution in [-0.2, 0) is 14.8 Å². The highest BCUT2D eigenvalue weighted by atomic mass is 32.2. The summed E-state index contributed by atoms with van der Waals surface area (Å²) in [6, 6.07) is 3.32. The number of nitrogens with two attached hydrogens (primary N) is 1. The van der Waals surface area contributed by atoms with Gasteiger partial charge in [0.1, 0.15) is 11.3 Å². The van der Waals surface area contributed by atoms with Crippen LogP contribution in [0.3, 0.4) is 0 Å². The Kier molecular flexibility index (Phi) is 5.68. The molecule has 0 bridgehead atoms. The summed E-state index contributed by atoms with van der Waals surface area (Å²) in [7, 11) is -2.48. The van der Waals surface area contributed by atoms with E-state index in [2.05, 4.69) is 5.32 Å². The molecule has 0 fully saturated rings. The van der Waals surface area contributed by atoms with Gasteiger partial charge in [-0.1, -0.05) is 0 Å². The van der Waals surface area contributed by atoms with E-state index in [9.17, 15) is 18.0 Å². The highest BCUT2D eigenvalue weighted by Gasteiger charge is 2.17. The molecule has 9 heteroatoms. The number of amides is 1. The molecule has 0 heterocycles. The second kappa shape index (κ2) is 7.04. The first-order valence-corrected chi connectivity index (χ1v) is 7.54. The van der Waals surface area contributed by atoms with Gasteiger partial charge in [0, 0.05) is 13.5 Å². The first-order valence-electron chi connectivity index (χ1n) is 5.99. The summed E-state index contributed by atoms with van der Waals surface area (Å²) in [5.41, 5.74) is -0.304. The predicted octanol–water partition coefficient (Wildman–Crippen LogP) is -0.0628. The molecule has 0 saturated carbocycles. The molecular weight excluding hydrogens is 300 g/mol. The fraction of sp³-hybridized carbons (Fsp3) is 0.333. The standard InChI is InChI=1S/C12H16N2O6S/c1-14-11(15)3-2-6-20-10-5-4-8(21(13,18)19)7-9(10)12(16)17/h4-5,7H,2-3,6H2,1H3,(H,14,15)(H,16,17)(H2,13,18,19). The minimum atomic E-state index is -3.99. The summed E-state index contributed by atoms with van der Waals surface area (Å²) in [6.07, 6.45) is 0.643. The second-order valence-electron chi connectivity index (χ2n) is 4.13. The number of carboxylic acids is 1. The first kappa shape index (κ1) is 16.9. The maximum Gasteiger partial charge on any atom is 0.339 e. The van der Waals surface area contributed by atoms with Crippen LogP contribution in [-0.4, -0.2) is 39.1 Å². The topological polar surface area (TPSA) is 136 Å². The average Bonchev–Trinajstić information content (AvgIpc) is 2.41. The third kappa shape index (κ3) is 5.04. The van der Waals surface area contributed by atoms with E-state index in [-0.39, 0.29) is 35.1 Å². The van der Waals surface area contributed by atoms with Gasteiger partial charge >= 0.3 is 5.97 Å². The lowest BCUT2D eigenvalue weighted by molar-refractivity contribution is -0.120. The van der Waals surface area contributed by atoms with Crippen molar-refractivity contribution in [2.24, 2.45) is 5.14 Å². The van der Waals surface area contributed by atoms with Crippen molar-refractivity contribution >= 4 is 21.9 Å². The van der Waals surface area contributed by atoms with Gasteiger partial charge in [-0.2, -0.15) is 0 Å². The van der Waals surface area contributed by atoms with Crippen molar-refractivity contribution in [2.45, 2.75) is 17.7 Å². The van der Waals surface area contributed by atoms with Crippen LogP contribution in [0.5, 0.6) is 5.75 Å². The fourth-order valence-electron chi connectivity index (χ4n) is 1.52. The molecule has 0 atom stereocenters. The van der Waals surface area contributed by atoms with E-state index in [1.807, 2.05) is 0 Å². The van der Waals surface area contributed by atoms with Gasteiger partial charge in [0.15, 0.2) is 0 Å². The Balaban J connectivity index is 2.83. The number of hydrogen-bond donors (Lipinski definition) is 3. The lowest BCUT2D eigenvalue weighted by atomic mass is 10.2. The summed E-state index contributed by atoms with van der Waals surface area (Å²) in [5, 5.41) is 16.4. The van der Waals surface area contributed by atoms with E-state index < -0.39 is 16.0 Å². The van der Waals surface area contributed by atoms with E-state index in [0.717, 1.165) is 12.1 Å². The number of carboxylic acid groups (broad SMARTS) is 1. The van der Waals surface area contributed by atoms with Crippen LogP contribution < -0.4 is 15.2 Å². The molecule has 0 spiro atoms. The number of rotatable bonds is 7. The Labute approximate surface area is 122 Å². The number of sulfonamides is 1. The van der Waals surface area contributed by atoms with Crippen LogP contribution in [0, 0.1) is 0 Å². The third-order valence-corrected chi connectivity index (χ3v) is 3.51. The maximum atomic E-state index is 11.2. The molecule has 0 aromatic heterocycles. The number of aromatic carboxylic acids is 1. The van der Waals surface area contributed by atoms with Crippen molar-refractivity contribution in [1.29, 1.82) is 0 Å². The fourth-order valence-corrected chi connectivity index (χ4v) is 2.06. The lowest BCUT2D eigenvalue weighted by Gasteiger charge is -2.10. The molecule has 0 radical (unpaired) electrons. The largest absolute Gasteiger partial charge is 0.493 e. The second-order valence-corrected chi connectivity index (χ2v) is 5.69. The molecular formula is C12H16N2O6S. The molecule has 0 unspecified atom stereocenters. The Hall–Kier alpha value is -2.13. The van der Waals surface area contributed by atoms with Crippen LogP contribution in [0.4, 0.5) is 0 Å². The monoisotopic (exact) mass is 316 g/mol. The molecule has 21 heavy (non-hydrogen) atoms. The van der Waals surface area contributed by atoms with Gasteiger partial charge in [-0.05, 0) is 24.6 Å². The molecule has 0 aliphatic heterocycles. The van der Waals surface area contributed by atoms with Gasteiger partial charge in [-0.3, -0.25) is 4.79 Å².